The molecule has 0 aliphatic heterocycles. The first kappa shape index (κ1) is 15.1. The van der Waals surface area contributed by atoms with Crippen molar-refractivity contribution in [2.45, 2.75) is 32.9 Å². The maximum absolute atomic E-state index is 13.6. The predicted octanol–water partition coefficient (Wildman–Crippen LogP) is 1.70. The lowest BCUT2D eigenvalue weighted by atomic mass is 10.1. The Morgan fingerprint density at radius 1 is 1.37 bits per heavy atom. The molecule has 19 heavy (non-hydrogen) atoms. The van der Waals surface area contributed by atoms with Crippen molar-refractivity contribution in [1.29, 1.82) is 0 Å². The van der Waals surface area contributed by atoms with Crippen molar-refractivity contribution in [1.82, 2.24) is 10.2 Å². The minimum atomic E-state index is -0.628. The number of rotatable bonds is 5. The first-order chi connectivity index (χ1) is 9.01. The minimum absolute atomic E-state index is 0.0912. The summed E-state index contributed by atoms with van der Waals surface area (Å²) in [5, 5.41) is 2.50. The van der Waals surface area contributed by atoms with Gasteiger partial charge < -0.3 is 10.2 Å². The average molecular weight is 266 g/mol. The summed E-state index contributed by atoms with van der Waals surface area (Å²) in [6.07, 6.45) is 0.274. The average Bonchev–Trinajstić information content (AvgIpc) is 2.44. The molecule has 1 aromatic carbocycles. The molecular weight excluding hydrogens is 247 g/mol. The second kappa shape index (κ2) is 6.87. The van der Waals surface area contributed by atoms with E-state index in [9.17, 15) is 14.0 Å². The van der Waals surface area contributed by atoms with Crippen LogP contribution in [0.2, 0.25) is 0 Å². The Hall–Kier alpha value is -1.91. The fourth-order valence-electron chi connectivity index (χ4n) is 1.80. The molecule has 0 aliphatic rings. The standard InChI is InChI=1S/C14H19FN2O2/c1-4-13(18)17(10(2)14(19)16-3)9-11-7-5-6-8-12(11)15/h5-8,10H,4,9H2,1-3H3,(H,16,19). The molecule has 0 saturated carbocycles. The van der Waals surface area contributed by atoms with Crippen molar-refractivity contribution in [2.75, 3.05) is 7.05 Å². The van der Waals surface area contributed by atoms with Gasteiger partial charge in [-0.2, -0.15) is 0 Å². The summed E-state index contributed by atoms with van der Waals surface area (Å²) >= 11 is 0. The summed E-state index contributed by atoms with van der Waals surface area (Å²) in [6.45, 7) is 3.44. The smallest absolute Gasteiger partial charge is 0.242 e. The summed E-state index contributed by atoms with van der Waals surface area (Å²) < 4.78 is 13.6. The number of halogens is 1. The van der Waals surface area contributed by atoms with E-state index in [4.69, 9.17) is 0 Å². The van der Waals surface area contributed by atoms with Crippen molar-refractivity contribution in [2.24, 2.45) is 0 Å². The number of hydrogen-bond donors (Lipinski definition) is 1. The maximum Gasteiger partial charge on any atom is 0.242 e. The number of carbonyl (C=O) groups is 2. The van der Waals surface area contributed by atoms with E-state index < -0.39 is 6.04 Å². The molecule has 0 spiro atoms. The van der Waals surface area contributed by atoms with Gasteiger partial charge in [0.25, 0.3) is 0 Å². The zero-order chi connectivity index (χ0) is 14.4. The van der Waals surface area contributed by atoms with Crippen LogP contribution in [-0.2, 0) is 16.1 Å². The molecule has 0 bridgehead atoms. The Labute approximate surface area is 112 Å². The van der Waals surface area contributed by atoms with Crippen molar-refractivity contribution in [3.05, 3.63) is 35.6 Å². The molecule has 5 heteroatoms. The van der Waals surface area contributed by atoms with E-state index in [0.717, 1.165) is 0 Å². The molecule has 1 rings (SSSR count). The van der Waals surface area contributed by atoms with Gasteiger partial charge in [0.05, 0.1) is 0 Å². The summed E-state index contributed by atoms with van der Waals surface area (Å²) in [6, 6.07) is 5.62. The van der Waals surface area contributed by atoms with E-state index in [1.54, 1.807) is 32.0 Å². The van der Waals surface area contributed by atoms with E-state index in [0.29, 0.717) is 5.56 Å². The molecule has 1 aromatic rings. The number of carbonyl (C=O) groups excluding carboxylic acids is 2. The molecular formula is C14H19FN2O2. The van der Waals surface area contributed by atoms with E-state index in [1.165, 1.54) is 18.0 Å². The molecule has 4 nitrogen and oxygen atoms in total. The second-order valence-electron chi connectivity index (χ2n) is 4.26. The van der Waals surface area contributed by atoms with Crippen LogP contribution >= 0.6 is 0 Å². The largest absolute Gasteiger partial charge is 0.357 e. The van der Waals surface area contributed by atoms with E-state index in [2.05, 4.69) is 5.32 Å². The fraction of sp³-hybridized carbons (Fsp3) is 0.429. The lowest BCUT2D eigenvalue weighted by Crippen LogP contribution is -2.46. The lowest BCUT2D eigenvalue weighted by molar-refractivity contribution is -0.140. The maximum atomic E-state index is 13.6. The number of nitrogens with zero attached hydrogens (tertiary/aromatic N) is 1. The predicted molar refractivity (Wildman–Crippen MR) is 70.8 cm³/mol. The van der Waals surface area contributed by atoms with Crippen LogP contribution in [0.15, 0.2) is 24.3 Å². The topological polar surface area (TPSA) is 49.4 Å². The number of likely N-dealkylation sites (N-methyl/N-ethyl adjacent to an activating group) is 1. The molecule has 0 saturated heterocycles. The van der Waals surface area contributed by atoms with E-state index in [1.807, 2.05) is 0 Å². The van der Waals surface area contributed by atoms with Crippen molar-refractivity contribution < 1.29 is 14.0 Å². The van der Waals surface area contributed by atoms with Gasteiger partial charge in [0, 0.05) is 25.6 Å². The van der Waals surface area contributed by atoms with Crippen LogP contribution in [0.5, 0.6) is 0 Å². The number of hydrogen-bond acceptors (Lipinski definition) is 2. The van der Waals surface area contributed by atoms with Crippen LogP contribution in [-0.4, -0.2) is 29.8 Å². The van der Waals surface area contributed by atoms with Gasteiger partial charge in [-0.15, -0.1) is 0 Å². The summed E-state index contributed by atoms with van der Waals surface area (Å²) in [4.78, 5) is 24.9. The minimum Gasteiger partial charge on any atom is -0.357 e. The van der Waals surface area contributed by atoms with Gasteiger partial charge in [-0.25, -0.2) is 4.39 Å². The highest BCUT2D eigenvalue weighted by Gasteiger charge is 2.24. The Morgan fingerprint density at radius 3 is 2.53 bits per heavy atom. The fourth-order valence-corrected chi connectivity index (χ4v) is 1.80. The zero-order valence-corrected chi connectivity index (χ0v) is 11.4. The van der Waals surface area contributed by atoms with Crippen LogP contribution in [0.4, 0.5) is 4.39 Å². The van der Waals surface area contributed by atoms with Gasteiger partial charge in [0.15, 0.2) is 0 Å². The SMILES string of the molecule is CCC(=O)N(Cc1ccccc1F)C(C)C(=O)NC. The monoisotopic (exact) mass is 266 g/mol. The van der Waals surface area contributed by atoms with Gasteiger partial charge in [0.2, 0.25) is 11.8 Å². The zero-order valence-electron chi connectivity index (χ0n) is 11.4. The van der Waals surface area contributed by atoms with Crippen LogP contribution < -0.4 is 5.32 Å². The third-order valence-electron chi connectivity index (χ3n) is 3.01. The van der Waals surface area contributed by atoms with Gasteiger partial charge in [-0.1, -0.05) is 25.1 Å². The lowest BCUT2D eigenvalue weighted by Gasteiger charge is -2.28. The molecule has 1 atom stereocenters. The van der Waals surface area contributed by atoms with Crippen LogP contribution in [0.25, 0.3) is 0 Å². The molecule has 0 radical (unpaired) electrons. The van der Waals surface area contributed by atoms with E-state index >= 15 is 0 Å². The van der Waals surface area contributed by atoms with Gasteiger partial charge in [-0.05, 0) is 13.0 Å². The molecule has 104 valence electrons. The van der Waals surface area contributed by atoms with Gasteiger partial charge in [0.1, 0.15) is 11.9 Å². The molecule has 0 aliphatic carbocycles. The Kier molecular flexibility index (Phi) is 5.48. The van der Waals surface area contributed by atoms with E-state index in [-0.39, 0.29) is 30.6 Å². The van der Waals surface area contributed by atoms with Crippen molar-refractivity contribution >= 4 is 11.8 Å². The third-order valence-corrected chi connectivity index (χ3v) is 3.01. The van der Waals surface area contributed by atoms with Crippen molar-refractivity contribution in [3.8, 4) is 0 Å². The summed E-state index contributed by atoms with van der Waals surface area (Å²) in [5.74, 6) is -0.821. The number of benzene rings is 1. The quantitative estimate of drug-likeness (QED) is 0.882. The summed E-state index contributed by atoms with van der Waals surface area (Å²) in [5.41, 5.74) is 0.403. The van der Waals surface area contributed by atoms with Crippen LogP contribution in [0, 0.1) is 5.82 Å². The van der Waals surface area contributed by atoms with Crippen molar-refractivity contribution in [3.63, 3.8) is 0 Å². The first-order valence-corrected chi connectivity index (χ1v) is 6.25. The van der Waals surface area contributed by atoms with Gasteiger partial charge >= 0.3 is 0 Å². The molecule has 2 amide bonds. The Balaban J connectivity index is 2.96. The Bertz CT molecular complexity index is 463. The normalized spacial score (nSPS) is 11.8. The molecule has 1 unspecified atom stereocenters. The highest BCUT2D eigenvalue weighted by molar-refractivity contribution is 5.87. The Morgan fingerprint density at radius 2 is 2.00 bits per heavy atom. The van der Waals surface area contributed by atoms with Crippen LogP contribution in [0.3, 0.4) is 0 Å². The molecule has 0 aromatic heterocycles. The first-order valence-electron chi connectivity index (χ1n) is 6.25. The second-order valence-corrected chi connectivity index (χ2v) is 4.26. The number of nitrogens with one attached hydrogen (secondary N) is 1. The highest BCUT2D eigenvalue weighted by atomic mass is 19.1. The van der Waals surface area contributed by atoms with Crippen LogP contribution in [0.1, 0.15) is 25.8 Å². The molecule has 1 N–H and O–H groups in total. The third kappa shape index (κ3) is 3.77. The van der Waals surface area contributed by atoms with Gasteiger partial charge in [-0.3, -0.25) is 9.59 Å². The number of amides is 2. The highest BCUT2D eigenvalue weighted by Crippen LogP contribution is 2.13. The molecule has 0 fully saturated rings. The summed E-state index contributed by atoms with van der Waals surface area (Å²) in [7, 11) is 1.51. The molecule has 0 heterocycles.